The van der Waals surface area contributed by atoms with Crippen LogP contribution in [0.5, 0.6) is 11.5 Å². The van der Waals surface area contributed by atoms with Gasteiger partial charge in [-0.15, -0.1) is 0 Å². The first-order valence-corrected chi connectivity index (χ1v) is 7.39. The molecule has 0 saturated carbocycles. The van der Waals surface area contributed by atoms with Crippen LogP contribution in [0.2, 0.25) is 5.02 Å². The van der Waals surface area contributed by atoms with E-state index in [1.54, 1.807) is 30.3 Å². The summed E-state index contributed by atoms with van der Waals surface area (Å²) in [6, 6.07) is 10.5. The fourth-order valence-electron chi connectivity index (χ4n) is 2.39. The van der Waals surface area contributed by atoms with Gasteiger partial charge < -0.3 is 18.9 Å². The number of rotatable bonds is 4. The summed E-state index contributed by atoms with van der Waals surface area (Å²) in [6.07, 6.45) is 0. The minimum atomic E-state index is -0.446. The highest BCUT2D eigenvalue weighted by molar-refractivity contribution is 6.30. The van der Waals surface area contributed by atoms with Crippen LogP contribution in [-0.4, -0.2) is 19.9 Å². The third-order valence-electron chi connectivity index (χ3n) is 3.43. The van der Waals surface area contributed by atoms with Crippen molar-refractivity contribution < 1.29 is 23.7 Å². The Balaban J connectivity index is 1.85. The highest BCUT2D eigenvalue weighted by Crippen LogP contribution is 2.32. The van der Waals surface area contributed by atoms with Crippen molar-refractivity contribution in [3.05, 3.63) is 58.1 Å². The Morgan fingerprint density at radius 3 is 2.96 bits per heavy atom. The molecule has 0 N–H and O–H groups in total. The lowest BCUT2D eigenvalue weighted by Gasteiger charge is -2.21. The van der Waals surface area contributed by atoms with Crippen molar-refractivity contribution in [2.75, 3.05) is 13.9 Å². The molecule has 0 saturated heterocycles. The summed E-state index contributed by atoms with van der Waals surface area (Å²) in [7, 11) is 1.33. The van der Waals surface area contributed by atoms with E-state index in [4.69, 9.17) is 30.5 Å². The van der Waals surface area contributed by atoms with Gasteiger partial charge in [0, 0.05) is 16.1 Å². The highest BCUT2D eigenvalue weighted by atomic mass is 35.5. The van der Waals surface area contributed by atoms with Gasteiger partial charge in [0.15, 0.2) is 6.79 Å². The Morgan fingerprint density at radius 2 is 2.13 bits per heavy atom. The van der Waals surface area contributed by atoms with Gasteiger partial charge >= 0.3 is 5.97 Å². The standard InChI is InChI=1S/C17H15ClO5/c1-20-17(19)14-4-2-3-5-15(14)22-9-12-7-13(18)6-11-8-21-10-23-16(11)12/h2-7H,8-10H2,1H3. The molecule has 2 aromatic rings. The number of carbonyl (C=O) groups is 1. The van der Waals surface area contributed by atoms with E-state index in [-0.39, 0.29) is 13.4 Å². The van der Waals surface area contributed by atoms with E-state index in [1.807, 2.05) is 6.07 Å². The van der Waals surface area contributed by atoms with E-state index >= 15 is 0 Å². The predicted molar refractivity (Wildman–Crippen MR) is 83.8 cm³/mol. The molecule has 120 valence electrons. The summed E-state index contributed by atoms with van der Waals surface area (Å²) in [5, 5.41) is 0.581. The van der Waals surface area contributed by atoms with Crippen LogP contribution in [0, 0.1) is 0 Å². The number of methoxy groups -OCH3 is 1. The minimum absolute atomic E-state index is 0.195. The molecule has 0 atom stereocenters. The second kappa shape index (κ2) is 6.89. The Hall–Kier alpha value is -2.24. The van der Waals surface area contributed by atoms with Crippen molar-refractivity contribution in [3.63, 3.8) is 0 Å². The van der Waals surface area contributed by atoms with Gasteiger partial charge in [0.05, 0.1) is 13.7 Å². The molecule has 0 spiro atoms. The molecule has 1 heterocycles. The number of carbonyl (C=O) groups excluding carboxylic acids is 1. The van der Waals surface area contributed by atoms with E-state index < -0.39 is 5.97 Å². The molecule has 1 aliphatic rings. The normalized spacial score (nSPS) is 13.0. The van der Waals surface area contributed by atoms with Crippen molar-refractivity contribution in [3.8, 4) is 11.5 Å². The number of hydrogen-bond acceptors (Lipinski definition) is 5. The van der Waals surface area contributed by atoms with Crippen LogP contribution in [-0.2, 0) is 22.7 Å². The maximum atomic E-state index is 11.8. The second-order valence-corrected chi connectivity index (χ2v) is 5.38. The average Bonchev–Trinajstić information content (AvgIpc) is 2.59. The molecule has 0 aliphatic carbocycles. The molecule has 6 heteroatoms. The van der Waals surface area contributed by atoms with Gasteiger partial charge in [-0.25, -0.2) is 4.79 Å². The average molecular weight is 335 g/mol. The van der Waals surface area contributed by atoms with Crippen LogP contribution in [0.15, 0.2) is 36.4 Å². The fourth-order valence-corrected chi connectivity index (χ4v) is 2.65. The quantitative estimate of drug-likeness (QED) is 0.800. The number of benzene rings is 2. The van der Waals surface area contributed by atoms with E-state index in [9.17, 15) is 4.79 Å². The third kappa shape index (κ3) is 3.41. The van der Waals surface area contributed by atoms with Crippen LogP contribution in [0.1, 0.15) is 21.5 Å². The lowest BCUT2D eigenvalue weighted by Crippen LogP contribution is -2.14. The smallest absolute Gasteiger partial charge is 0.341 e. The molecule has 1 aliphatic heterocycles. The monoisotopic (exact) mass is 334 g/mol. The maximum absolute atomic E-state index is 11.8. The van der Waals surface area contributed by atoms with Crippen molar-refractivity contribution in [1.29, 1.82) is 0 Å². The Kier molecular flexibility index (Phi) is 4.69. The van der Waals surface area contributed by atoms with E-state index in [0.29, 0.717) is 22.9 Å². The Labute approximate surface area is 138 Å². The molecule has 0 amide bonds. The number of halogens is 1. The fraction of sp³-hybridized carbons (Fsp3) is 0.235. The minimum Gasteiger partial charge on any atom is -0.488 e. The number of para-hydroxylation sites is 1. The van der Waals surface area contributed by atoms with Gasteiger partial charge in [-0.2, -0.15) is 0 Å². The summed E-state index contributed by atoms with van der Waals surface area (Å²) >= 11 is 6.13. The van der Waals surface area contributed by atoms with E-state index in [2.05, 4.69) is 0 Å². The molecule has 5 nitrogen and oxygen atoms in total. The summed E-state index contributed by atoms with van der Waals surface area (Å²) < 4.78 is 21.3. The number of esters is 1. The second-order valence-electron chi connectivity index (χ2n) is 4.94. The molecule has 0 aromatic heterocycles. The van der Waals surface area contributed by atoms with Gasteiger partial charge in [0.2, 0.25) is 0 Å². The molecule has 23 heavy (non-hydrogen) atoms. The third-order valence-corrected chi connectivity index (χ3v) is 3.65. The van der Waals surface area contributed by atoms with Gasteiger partial charge in [0.25, 0.3) is 0 Å². The summed E-state index contributed by atoms with van der Waals surface area (Å²) in [6.45, 7) is 0.860. The first-order chi connectivity index (χ1) is 11.2. The van der Waals surface area contributed by atoms with Crippen molar-refractivity contribution >= 4 is 17.6 Å². The topological polar surface area (TPSA) is 54.0 Å². The van der Waals surface area contributed by atoms with Crippen molar-refractivity contribution in [2.45, 2.75) is 13.2 Å². The highest BCUT2D eigenvalue weighted by Gasteiger charge is 2.18. The SMILES string of the molecule is COC(=O)c1ccccc1OCc1cc(Cl)cc2c1OCOC2. The van der Waals surface area contributed by atoms with Gasteiger partial charge in [-0.3, -0.25) is 0 Å². The molecule has 2 aromatic carbocycles. The molecule has 0 fully saturated rings. The molecule has 0 unspecified atom stereocenters. The van der Waals surface area contributed by atoms with Crippen LogP contribution >= 0.6 is 11.6 Å². The van der Waals surface area contributed by atoms with Crippen molar-refractivity contribution in [2.24, 2.45) is 0 Å². The first-order valence-electron chi connectivity index (χ1n) is 7.01. The van der Waals surface area contributed by atoms with Crippen LogP contribution in [0.25, 0.3) is 0 Å². The lowest BCUT2D eigenvalue weighted by molar-refractivity contribution is -0.0175. The van der Waals surface area contributed by atoms with Crippen LogP contribution in [0.3, 0.4) is 0 Å². The van der Waals surface area contributed by atoms with E-state index in [1.165, 1.54) is 7.11 Å². The Morgan fingerprint density at radius 1 is 1.30 bits per heavy atom. The molecule has 0 radical (unpaired) electrons. The largest absolute Gasteiger partial charge is 0.488 e. The summed E-state index contributed by atoms with van der Waals surface area (Å²) in [4.78, 5) is 11.8. The summed E-state index contributed by atoms with van der Waals surface area (Å²) in [5.74, 6) is 0.717. The predicted octanol–water partition coefficient (Wildman–Crippen LogP) is 3.57. The van der Waals surface area contributed by atoms with Crippen LogP contribution in [0.4, 0.5) is 0 Å². The molecule has 3 rings (SSSR count). The number of ether oxygens (including phenoxy) is 4. The zero-order chi connectivity index (χ0) is 16.2. The molecular formula is C17H15ClO5. The van der Waals surface area contributed by atoms with E-state index in [0.717, 1.165) is 16.9 Å². The first kappa shape index (κ1) is 15.6. The number of hydrogen-bond donors (Lipinski definition) is 0. The van der Waals surface area contributed by atoms with Crippen molar-refractivity contribution in [1.82, 2.24) is 0 Å². The Bertz CT molecular complexity index is 729. The maximum Gasteiger partial charge on any atom is 0.341 e. The summed E-state index contributed by atoms with van der Waals surface area (Å²) in [5.41, 5.74) is 2.05. The van der Waals surface area contributed by atoms with Gasteiger partial charge in [-0.1, -0.05) is 23.7 Å². The number of fused-ring (bicyclic) bond motifs is 1. The van der Waals surface area contributed by atoms with Crippen LogP contribution < -0.4 is 9.47 Å². The lowest BCUT2D eigenvalue weighted by atomic mass is 10.1. The molecular weight excluding hydrogens is 320 g/mol. The molecule has 0 bridgehead atoms. The van der Waals surface area contributed by atoms with Gasteiger partial charge in [-0.05, 0) is 24.3 Å². The zero-order valence-corrected chi connectivity index (χ0v) is 13.3. The zero-order valence-electron chi connectivity index (χ0n) is 12.5. The van der Waals surface area contributed by atoms with Gasteiger partial charge in [0.1, 0.15) is 23.7 Å².